The Morgan fingerprint density at radius 1 is 1.06 bits per heavy atom. The Kier molecular flexibility index (Phi) is 9.90. The Balaban J connectivity index is 0.00000289. The molecule has 0 saturated carbocycles. The van der Waals surface area contributed by atoms with Crippen LogP contribution in [0, 0.1) is 0 Å². The number of ether oxygens (including phenoxy) is 1. The fourth-order valence-corrected chi connectivity index (χ4v) is 4.78. The van der Waals surface area contributed by atoms with Crippen molar-refractivity contribution in [2.45, 2.75) is 38.5 Å². The van der Waals surface area contributed by atoms with E-state index < -0.39 is 0 Å². The smallest absolute Gasteiger partial charge is 0.236 e. The molecule has 1 amide bonds. The first kappa shape index (κ1) is 25.1. The van der Waals surface area contributed by atoms with Crippen LogP contribution in [0.5, 0.6) is 5.75 Å². The maximum Gasteiger partial charge on any atom is 0.236 e. The number of carbonyl (C=O) groups excluding carboxylic acids is 1. The third-order valence-corrected chi connectivity index (χ3v) is 6.62. The first-order chi connectivity index (χ1) is 15.2. The van der Waals surface area contributed by atoms with Gasteiger partial charge in [0.2, 0.25) is 5.91 Å². The number of para-hydroxylation sites is 1. The van der Waals surface area contributed by atoms with E-state index in [1.807, 2.05) is 11.0 Å². The molecule has 7 nitrogen and oxygen atoms in total. The van der Waals surface area contributed by atoms with Crippen molar-refractivity contribution in [1.29, 1.82) is 0 Å². The summed E-state index contributed by atoms with van der Waals surface area (Å²) in [6.07, 6.45) is 4.57. The highest BCUT2D eigenvalue weighted by Gasteiger charge is 2.25. The fourth-order valence-electron chi connectivity index (χ4n) is 4.78. The van der Waals surface area contributed by atoms with Crippen LogP contribution in [0.3, 0.4) is 0 Å². The van der Waals surface area contributed by atoms with E-state index in [0.29, 0.717) is 18.4 Å². The molecule has 2 fully saturated rings. The van der Waals surface area contributed by atoms with Crippen LogP contribution in [-0.2, 0) is 4.79 Å². The number of rotatable bonds is 5. The number of fused-ring (bicyclic) bond motifs is 1. The van der Waals surface area contributed by atoms with Gasteiger partial charge in [0.1, 0.15) is 5.75 Å². The lowest BCUT2D eigenvalue weighted by molar-refractivity contribution is -0.133. The molecule has 1 atom stereocenters. The number of benzene rings is 1. The number of piperidine rings is 1. The zero-order valence-electron chi connectivity index (χ0n) is 19.3. The molecule has 0 bridgehead atoms. The van der Waals surface area contributed by atoms with E-state index in [1.54, 1.807) is 0 Å². The molecule has 1 aromatic rings. The lowest BCUT2D eigenvalue weighted by atomic mass is 9.93. The number of amides is 1. The summed E-state index contributed by atoms with van der Waals surface area (Å²) < 4.78 is 5.80. The molecule has 1 N–H and O–H groups in total. The van der Waals surface area contributed by atoms with Gasteiger partial charge in [-0.3, -0.25) is 14.7 Å². The number of nitrogens with one attached hydrogen (secondary N) is 1. The molecule has 178 valence electrons. The number of likely N-dealkylation sites (tertiary alicyclic amines) is 1. The largest absolute Gasteiger partial charge is 0.493 e. The minimum Gasteiger partial charge on any atom is -0.493 e. The zero-order chi connectivity index (χ0) is 21.5. The summed E-state index contributed by atoms with van der Waals surface area (Å²) in [6.45, 7) is 10.6. The summed E-state index contributed by atoms with van der Waals surface area (Å²) >= 11 is 0. The van der Waals surface area contributed by atoms with Crippen molar-refractivity contribution in [3.05, 3.63) is 29.8 Å². The molecule has 2 saturated heterocycles. The molecule has 1 aromatic carbocycles. The van der Waals surface area contributed by atoms with Gasteiger partial charge in [-0.05, 0) is 44.2 Å². The van der Waals surface area contributed by atoms with Crippen molar-refractivity contribution in [3.8, 4) is 5.75 Å². The van der Waals surface area contributed by atoms with Gasteiger partial charge >= 0.3 is 0 Å². The molecular formula is C24H38IN5O2. The van der Waals surface area contributed by atoms with Gasteiger partial charge in [-0.2, -0.15) is 0 Å². The Hall–Kier alpha value is -1.55. The second-order valence-electron chi connectivity index (χ2n) is 8.77. The summed E-state index contributed by atoms with van der Waals surface area (Å²) in [5.41, 5.74) is 1.27. The number of carbonyl (C=O) groups is 1. The highest BCUT2D eigenvalue weighted by atomic mass is 127. The van der Waals surface area contributed by atoms with E-state index in [-0.39, 0.29) is 24.0 Å². The molecule has 3 aliphatic rings. The van der Waals surface area contributed by atoms with Crippen molar-refractivity contribution < 1.29 is 9.53 Å². The minimum atomic E-state index is 0. The van der Waals surface area contributed by atoms with E-state index in [2.05, 4.69) is 40.2 Å². The molecule has 1 unspecified atom stereocenters. The van der Waals surface area contributed by atoms with Crippen LogP contribution in [0.4, 0.5) is 0 Å². The molecule has 3 aliphatic heterocycles. The first-order valence-electron chi connectivity index (χ1n) is 12.0. The Morgan fingerprint density at radius 3 is 2.56 bits per heavy atom. The lowest BCUT2D eigenvalue weighted by Crippen LogP contribution is -2.54. The lowest BCUT2D eigenvalue weighted by Gasteiger charge is -2.37. The maximum absolute atomic E-state index is 12.6. The molecule has 8 heteroatoms. The fraction of sp³-hybridized carbons (Fsp3) is 0.667. The number of piperazine rings is 1. The molecule has 4 rings (SSSR count). The maximum atomic E-state index is 12.6. The van der Waals surface area contributed by atoms with Gasteiger partial charge in [-0.1, -0.05) is 18.2 Å². The van der Waals surface area contributed by atoms with E-state index in [0.717, 1.165) is 89.9 Å². The van der Waals surface area contributed by atoms with Crippen LogP contribution in [0.25, 0.3) is 0 Å². The second-order valence-corrected chi connectivity index (χ2v) is 8.77. The monoisotopic (exact) mass is 555 g/mol. The van der Waals surface area contributed by atoms with Crippen LogP contribution < -0.4 is 10.1 Å². The van der Waals surface area contributed by atoms with Crippen molar-refractivity contribution in [3.63, 3.8) is 0 Å². The van der Waals surface area contributed by atoms with Crippen LogP contribution >= 0.6 is 24.0 Å². The summed E-state index contributed by atoms with van der Waals surface area (Å²) in [6, 6.07) is 8.34. The van der Waals surface area contributed by atoms with Gasteiger partial charge in [-0.25, -0.2) is 0 Å². The van der Waals surface area contributed by atoms with E-state index in [9.17, 15) is 4.79 Å². The summed E-state index contributed by atoms with van der Waals surface area (Å²) in [4.78, 5) is 24.3. The SMILES string of the molecule is CCNC(=NCC1CCOc2ccccc21)N1CCN(CC(=O)N2CCCCC2)CC1.I. The normalized spacial score (nSPS) is 21.9. The predicted octanol–water partition coefficient (Wildman–Crippen LogP) is 2.77. The standard InChI is InChI=1S/C24H37N5O2.HI/c1-2-25-24(26-18-20-10-17-31-22-9-5-4-8-21(20)22)29-15-13-27(14-16-29)19-23(30)28-11-6-3-7-12-28;/h4-5,8-9,20H,2-3,6-7,10-19H2,1H3,(H,25,26);1H. The van der Waals surface area contributed by atoms with Crippen molar-refractivity contribution in [1.82, 2.24) is 20.0 Å². The average Bonchev–Trinajstić information content (AvgIpc) is 2.83. The molecule has 3 heterocycles. The summed E-state index contributed by atoms with van der Waals surface area (Å²) in [5, 5.41) is 3.47. The van der Waals surface area contributed by atoms with Crippen LogP contribution in [-0.4, -0.2) is 92.1 Å². The summed E-state index contributed by atoms with van der Waals surface area (Å²) in [5.74, 6) is 2.70. The zero-order valence-corrected chi connectivity index (χ0v) is 21.6. The van der Waals surface area contributed by atoms with Crippen LogP contribution in [0.2, 0.25) is 0 Å². The van der Waals surface area contributed by atoms with E-state index in [4.69, 9.17) is 9.73 Å². The predicted molar refractivity (Wildman–Crippen MR) is 139 cm³/mol. The van der Waals surface area contributed by atoms with Gasteiger partial charge in [0.15, 0.2) is 5.96 Å². The van der Waals surface area contributed by atoms with E-state index in [1.165, 1.54) is 12.0 Å². The third kappa shape index (κ3) is 6.50. The van der Waals surface area contributed by atoms with Crippen molar-refractivity contribution in [2.24, 2.45) is 4.99 Å². The van der Waals surface area contributed by atoms with Gasteiger partial charge in [-0.15, -0.1) is 24.0 Å². The highest BCUT2D eigenvalue weighted by Crippen LogP contribution is 2.33. The third-order valence-electron chi connectivity index (χ3n) is 6.62. The molecule has 0 aromatic heterocycles. The Bertz CT molecular complexity index is 761. The van der Waals surface area contributed by atoms with Crippen molar-refractivity contribution in [2.75, 3.05) is 65.5 Å². The minimum absolute atomic E-state index is 0. The van der Waals surface area contributed by atoms with Crippen LogP contribution in [0.15, 0.2) is 29.3 Å². The molecular weight excluding hydrogens is 517 g/mol. The van der Waals surface area contributed by atoms with Gasteiger partial charge in [0, 0.05) is 58.3 Å². The average molecular weight is 556 g/mol. The molecule has 32 heavy (non-hydrogen) atoms. The molecule has 0 aliphatic carbocycles. The van der Waals surface area contributed by atoms with Gasteiger partial charge in [0.05, 0.1) is 13.2 Å². The number of halogens is 1. The first-order valence-corrected chi connectivity index (χ1v) is 12.0. The quantitative estimate of drug-likeness (QED) is 0.344. The Morgan fingerprint density at radius 2 is 1.81 bits per heavy atom. The van der Waals surface area contributed by atoms with Crippen molar-refractivity contribution >= 4 is 35.8 Å². The number of hydrogen-bond donors (Lipinski definition) is 1. The number of nitrogens with zero attached hydrogens (tertiary/aromatic N) is 4. The molecule has 0 radical (unpaired) electrons. The topological polar surface area (TPSA) is 60.4 Å². The molecule has 0 spiro atoms. The number of aliphatic imine (C=N–C) groups is 1. The second kappa shape index (κ2) is 12.6. The number of hydrogen-bond acceptors (Lipinski definition) is 4. The van der Waals surface area contributed by atoms with Gasteiger partial charge < -0.3 is 19.9 Å². The summed E-state index contributed by atoms with van der Waals surface area (Å²) in [7, 11) is 0. The van der Waals surface area contributed by atoms with Crippen LogP contribution in [0.1, 0.15) is 44.1 Å². The Labute approximate surface area is 209 Å². The van der Waals surface area contributed by atoms with Gasteiger partial charge in [0.25, 0.3) is 0 Å². The van der Waals surface area contributed by atoms with E-state index >= 15 is 0 Å². The number of guanidine groups is 1. The highest BCUT2D eigenvalue weighted by molar-refractivity contribution is 14.0.